The predicted molar refractivity (Wildman–Crippen MR) is 96.0 cm³/mol. The second-order valence-electron chi connectivity index (χ2n) is 8.01. The van der Waals surface area contributed by atoms with E-state index in [1.165, 1.54) is 0 Å². The highest BCUT2D eigenvalue weighted by Gasteiger charge is 2.38. The topological polar surface area (TPSA) is 34.1 Å². The second-order valence-corrected chi connectivity index (χ2v) is 9.12. The summed E-state index contributed by atoms with van der Waals surface area (Å²) in [5.41, 5.74) is 1.21. The highest BCUT2D eigenvalue weighted by Crippen LogP contribution is 2.42. The number of carbonyl (C=O) groups is 2. The molecule has 0 amide bonds. The Bertz CT molecular complexity index is 511. The third-order valence-electron chi connectivity index (χ3n) is 3.80. The smallest absolute Gasteiger partial charge is 0.239 e. The van der Waals surface area contributed by atoms with E-state index in [-0.39, 0.29) is 22.4 Å². The number of unbranched alkanes of at least 4 members (excludes halogenated alkanes) is 2. The van der Waals surface area contributed by atoms with Gasteiger partial charge in [-0.15, -0.1) is 11.8 Å². The van der Waals surface area contributed by atoms with E-state index in [1.807, 2.05) is 26.8 Å². The summed E-state index contributed by atoms with van der Waals surface area (Å²) in [5.74, 6) is 0.276. The van der Waals surface area contributed by atoms with Crippen LogP contribution in [0.1, 0.15) is 67.7 Å². The summed E-state index contributed by atoms with van der Waals surface area (Å²) in [6.45, 7) is 14.5. The monoisotopic (exact) mass is 322 g/mol. The Morgan fingerprint density at radius 3 is 1.95 bits per heavy atom. The van der Waals surface area contributed by atoms with Crippen molar-refractivity contribution in [3.05, 3.63) is 22.1 Å². The fourth-order valence-electron chi connectivity index (χ4n) is 2.41. The molecule has 1 rings (SSSR count). The summed E-state index contributed by atoms with van der Waals surface area (Å²) in [7, 11) is 0. The molecule has 3 heteroatoms. The molecule has 0 aromatic heterocycles. The van der Waals surface area contributed by atoms with Crippen molar-refractivity contribution < 1.29 is 9.59 Å². The van der Waals surface area contributed by atoms with Crippen molar-refractivity contribution in [2.24, 2.45) is 10.8 Å². The van der Waals surface area contributed by atoms with Crippen molar-refractivity contribution >= 4 is 23.3 Å². The number of hydrogen-bond donors (Lipinski definition) is 0. The van der Waals surface area contributed by atoms with Crippen molar-refractivity contribution in [3.8, 4) is 0 Å². The SMILES string of the molecule is CCCCCSC1=C(C(C)(C)C)C=C(C(C)(C)C)C(=O)C1=O. The van der Waals surface area contributed by atoms with Gasteiger partial charge in [-0.05, 0) is 34.7 Å². The van der Waals surface area contributed by atoms with Gasteiger partial charge in [0.1, 0.15) is 0 Å². The Morgan fingerprint density at radius 1 is 0.909 bits per heavy atom. The third kappa shape index (κ3) is 4.58. The highest BCUT2D eigenvalue weighted by molar-refractivity contribution is 8.04. The molecular weight excluding hydrogens is 292 g/mol. The van der Waals surface area contributed by atoms with Gasteiger partial charge < -0.3 is 0 Å². The Morgan fingerprint density at radius 2 is 1.50 bits per heavy atom. The quantitative estimate of drug-likeness (QED) is 0.389. The molecule has 0 radical (unpaired) electrons. The minimum Gasteiger partial charge on any atom is -0.285 e. The van der Waals surface area contributed by atoms with Crippen molar-refractivity contribution in [2.75, 3.05) is 5.75 Å². The van der Waals surface area contributed by atoms with E-state index in [1.54, 1.807) is 11.8 Å². The maximum Gasteiger partial charge on any atom is 0.239 e. The molecule has 0 aromatic rings. The maximum atomic E-state index is 12.6. The second kappa shape index (κ2) is 7.16. The zero-order chi connectivity index (χ0) is 17.1. The van der Waals surface area contributed by atoms with Gasteiger partial charge in [-0.25, -0.2) is 0 Å². The summed E-state index contributed by atoms with van der Waals surface area (Å²) in [6.07, 6.45) is 5.38. The molecule has 0 saturated carbocycles. The first-order valence-corrected chi connectivity index (χ1v) is 9.17. The number of thioether (sulfide) groups is 1. The minimum atomic E-state index is -0.321. The van der Waals surface area contributed by atoms with E-state index in [0.717, 1.165) is 30.6 Å². The number of allylic oxidation sites excluding steroid dienone is 4. The van der Waals surface area contributed by atoms with Gasteiger partial charge in [0.2, 0.25) is 11.6 Å². The molecule has 0 bridgehead atoms. The Labute approximate surface area is 139 Å². The summed E-state index contributed by atoms with van der Waals surface area (Å²) >= 11 is 1.56. The Balaban J connectivity index is 3.24. The fourth-order valence-corrected chi connectivity index (χ4v) is 3.70. The molecule has 0 aromatic carbocycles. The summed E-state index contributed by atoms with van der Waals surface area (Å²) in [6, 6.07) is 0. The number of rotatable bonds is 5. The Hall–Kier alpha value is -0.830. The molecule has 1 aliphatic rings. The molecule has 0 unspecified atom stereocenters. The third-order valence-corrected chi connectivity index (χ3v) is 4.99. The normalized spacial score (nSPS) is 17.1. The zero-order valence-electron chi connectivity index (χ0n) is 15.1. The van der Waals surface area contributed by atoms with E-state index in [9.17, 15) is 9.59 Å². The first kappa shape index (κ1) is 19.2. The lowest BCUT2D eigenvalue weighted by atomic mass is 9.74. The van der Waals surface area contributed by atoms with Gasteiger partial charge >= 0.3 is 0 Å². The van der Waals surface area contributed by atoms with Gasteiger partial charge in [-0.1, -0.05) is 61.3 Å². The molecule has 0 fully saturated rings. The van der Waals surface area contributed by atoms with Gasteiger partial charge in [-0.3, -0.25) is 9.59 Å². The van der Waals surface area contributed by atoms with Crippen LogP contribution in [0.3, 0.4) is 0 Å². The lowest BCUT2D eigenvalue weighted by molar-refractivity contribution is -0.132. The van der Waals surface area contributed by atoms with Crippen molar-refractivity contribution in [1.82, 2.24) is 0 Å². The Kier molecular flexibility index (Phi) is 6.26. The number of hydrogen-bond acceptors (Lipinski definition) is 3. The van der Waals surface area contributed by atoms with Gasteiger partial charge in [0.25, 0.3) is 0 Å². The molecule has 0 aliphatic heterocycles. The van der Waals surface area contributed by atoms with Crippen LogP contribution in [0.2, 0.25) is 0 Å². The molecule has 0 atom stereocenters. The molecule has 1 aliphatic carbocycles. The van der Waals surface area contributed by atoms with Crippen LogP contribution in [-0.2, 0) is 9.59 Å². The molecular formula is C19H30O2S. The molecule has 0 N–H and O–H groups in total. The minimum absolute atomic E-state index is 0.139. The van der Waals surface area contributed by atoms with Crippen LogP contribution in [0.5, 0.6) is 0 Å². The predicted octanol–water partition coefficient (Wildman–Crippen LogP) is 5.33. The number of Topliss-reactive ketones (excluding diaryl/α,β-unsaturated/α-hetero) is 2. The van der Waals surface area contributed by atoms with Crippen LogP contribution < -0.4 is 0 Å². The maximum absolute atomic E-state index is 12.6. The van der Waals surface area contributed by atoms with E-state index in [4.69, 9.17) is 0 Å². The molecule has 22 heavy (non-hydrogen) atoms. The number of carbonyl (C=O) groups excluding carboxylic acids is 2. The summed E-state index contributed by atoms with van der Waals surface area (Å²) in [5, 5.41) is 0. The highest BCUT2D eigenvalue weighted by atomic mass is 32.2. The van der Waals surface area contributed by atoms with Crippen molar-refractivity contribution in [2.45, 2.75) is 67.7 Å². The van der Waals surface area contributed by atoms with Crippen molar-refractivity contribution in [1.29, 1.82) is 0 Å². The van der Waals surface area contributed by atoms with Crippen LogP contribution in [0, 0.1) is 10.8 Å². The molecule has 2 nitrogen and oxygen atoms in total. The standard InChI is InChI=1S/C19H30O2S/c1-8-9-10-11-22-17-14(19(5,6)7)12-13(18(2,3)4)15(20)16(17)21/h12H,8-11H2,1-7H3. The van der Waals surface area contributed by atoms with E-state index in [0.29, 0.717) is 10.5 Å². The van der Waals surface area contributed by atoms with Crippen LogP contribution in [-0.4, -0.2) is 17.3 Å². The summed E-state index contributed by atoms with van der Waals surface area (Å²) in [4.78, 5) is 25.8. The van der Waals surface area contributed by atoms with Crippen LogP contribution in [0.15, 0.2) is 22.1 Å². The van der Waals surface area contributed by atoms with E-state index < -0.39 is 0 Å². The van der Waals surface area contributed by atoms with Crippen LogP contribution in [0.25, 0.3) is 0 Å². The zero-order valence-corrected chi connectivity index (χ0v) is 15.9. The first-order chi connectivity index (χ1) is 10.00. The first-order valence-electron chi connectivity index (χ1n) is 8.19. The molecule has 0 saturated heterocycles. The van der Waals surface area contributed by atoms with Crippen molar-refractivity contribution in [3.63, 3.8) is 0 Å². The molecule has 124 valence electrons. The van der Waals surface area contributed by atoms with Gasteiger partial charge in [0, 0.05) is 5.57 Å². The van der Waals surface area contributed by atoms with Gasteiger partial charge in [-0.2, -0.15) is 0 Å². The average molecular weight is 323 g/mol. The fraction of sp³-hybridized carbons (Fsp3) is 0.684. The van der Waals surface area contributed by atoms with Crippen LogP contribution >= 0.6 is 11.8 Å². The summed E-state index contributed by atoms with van der Waals surface area (Å²) < 4.78 is 0. The number of ketones is 2. The average Bonchev–Trinajstić information content (AvgIpc) is 2.36. The lowest BCUT2D eigenvalue weighted by Gasteiger charge is -2.31. The van der Waals surface area contributed by atoms with Gasteiger partial charge in [0.05, 0.1) is 4.91 Å². The van der Waals surface area contributed by atoms with Gasteiger partial charge in [0.15, 0.2) is 0 Å². The largest absolute Gasteiger partial charge is 0.285 e. The van der Waals surface area contributed by atoms with Crippen LogP contribution in [0.4, 0.5) is 0 Å². The van der Waals surface area contributed by atoms with E-state index in [2.05, 4.69) is 27.7 Å². The lowest BCUT2D eigenvalue weighted by Crippen LogP contribution is -2.31. The van der Waals surface area contributed by atoms with E-state index >= 15 is 0 Å². The molecule has 0 heterocycles. The molecule has 0 spiro atoms.